The van der Waals surface area contributed by atoms with E-state index in [-0.39, 0.29) is 5.91 Å². The van der Waals surface area contributed by atoms with Gasteiger partial charge in [-0.1, -0.05) is 54.6 Å². The second kappa shape index (κ2) is 11.5. The van der Waals surface area contributed by atoms with Crippen molar-refractivity contribution in [2.24, 2.45) is 0 Å². The Balaban J connectivity index is 1.24. The van der Waals surface area contributed by atoms with E-state index in [1.54, 1.807) is 0 Å². The molecule has 0 saturated carbocycles. The summed E-state index contributed by atoms with van der Waals surface area (Å²) < 4.78 is 0. The molecule has 0 aliphatic carbocycles. The zero-order chi connectivity index (χ0) is 23.8. The molecule has 0 radical (unpaired) electrons. The van der Waals surface area contributed by atoms with E-state index < -0.39 is 0 Å². The topological polar surface area (TPSA) is 38.8 Å². The molecule has 1 N–H and O–H groups in total. The van der Waals surface area contributed by atoms with E-state index in [2.05, 4.69) is 94.8 Å². The van der Waals surface area contributed by atoms with Crippen LogP contribution in [-0.2, 0) is 6.54 Å². The molecule has 3 aromatic rings. The fourth-order valence-corrected chi connectivity index (χ4v) is 4.15. The summed E-state index contributed by atoms with van der Waals surface area (Å²) in [5.74, 6) is -0.0404. The Bertz CT molecular complexity index is 1080. The summed E-state index contributed by atoms with van der Waals surface area (Å²) >= 11 is 0. The summed E-state index contributed by atoms with van der Waals surface area (Å²) in [4.78, 5) is 19.4. The van der Waals surface area contributed by atoms with Crippen molar-refractivity contribution in [2.75, 3.05) is 56.6 Å². The van der Waals surface area contributed by atoms with Crippen molar-refractivity contribution >= 4 is 23.4 Å². The molecule has 0 spiro atoms. The Labute approximate surface area is 203 Å². The minimum Gasteiger partial charge on any atom is -0.378 e. The maximum atomic E-state index is 12.3. The standard InChI is InChI=1S/C29H34N4O/c1-31(2)27-15-13-24(14-16-27)9-7-17-32-18-20-33(21-19-32)28-12-6-8-25(22-28)23-30-29(34)26-10-4-3-5-11-26/h3-16,22H,17-21,23H2,1-2H3,(H,30,34). The van der Waals surface area contributed by atoms with Crippen molar-refractivity contribution in [1.82, 2.24) is 10.2 Å². The van der Waals surface area contributed by atoms with Crippen molar-refractivity contribution in [3.05, 3.63) is 102 Å². The number of carbonyl (C=O) groups is 1. The monoisotopic (exact) mass is 454 g/mol. The van der Waals surface area contributed by atoms with Crippen LogP contribution in [0.15, 0.2) is 84.9 Å². The summed E-state index contributed by atoms with van der Waals surface area (Å²) in [6.07, 6.45) is 4.47. The number of nitrogens with one attached hydrogen (secondary N) is 1. The lowest BCUT2D eigenvalue weighted by Crippen LogP contribution is -2.46. The van der Waals surface area contributed by atoms with Crippen LogP contribution in [0.1, 0.15) is 21.5 Å². The highest BCUT2D eigenvalue weighted by Gasteiger charge is 2.16. The number of hydrogen-bond donors (Lipinski definition) is 1. The van der Waals surface area contributed by atoms with Gasteiger partial charge in [0.25, 0.3) is 5.91 Å². The van der Waals surface area contributed by atoms with Gasteiger partial charge in [0.1, 0.15) is 0 Å². The first-order chi connectivity index (χ1) is 16.6. The van der Waals surface area contributed by atoms with E-state index in [1.165, 1.54) is 16.9 Å². The molecule has 5 heteroatoms. The minimum atomic E-state index is -0.0404. The van der Waals surface area contributed by atoms with Crippen LogP contribution >= 0.6 is 0 Å². The van der Waals surface area contributed by atoms with E-state index in [9.17, 15) is 4.79 Å². The molecule has 34 heavy (non-hydrogen) atoms. The van der Waals surface area contributed by atoms with Crippen molar-refractivity contribution in [3.8, 4) is 0 Å². The van der Waals surface area contributed by atoms with Crippen molar-refractivity contribution in [2.45, 2.75) is 6.54 Å². The lowest BCUT2D eigenvalue weighted by molar-refractivity contribution is 0.0951. The van der Waals surface area contributed by atoms with E-state index in [4.69, 9.17) is 0 Å². The predicted octanol–water partition coefficient (Wildman–Crippen LogP) is 4.52. The highest BCUT2D eigenvalue weighted by atomic mass is 16.1. The molecule has 0 atom stereocenters. The summed E-state index contributed by atoms with van der Waals surface area (Å²) in [6.45, 7) is 5.59. The van der Waals surface area contributed by atoms with Crippen LogP contribution in [0.5, 0.6) is 0 Å². The Morgan fingerprint density at radius 3 is 2.35 bits per heavy atom. The number of nitrogens with zero attached hydrogens (tertiary/aromatic N) is 3. The van der Waals surface area contributed by atoms with Crippen LogP contribution in [0.2, 0.25) is 0 Å². The smallest absolute Gasteiger partial charge is 0.251 e. The first-order valence-corrected chi connectivity index (χ1v) is 11.9. The number of benzene rings is 3. The van der Waals surface area contributed by atoms with Gasteiger partial charge in [-0.3, -0.25) is 9.69 Å². The molecule has 4 rings (SSSR count). The third kappa shape index (κ3) is 6.49. The molecule has 0 aromatic heterocycles. The van der Waals surface area contributed by atoms with Gasteiger partial charge in [0, 0.05) is 70.3 Å². The van der Waals surface area contributed by atoms with Crippen LogP contribution in [0.3, 0.4) is 0 Å². The number of amides is 1. The Morgan fingerprint density at radius 1 is 0.912 bits per heavy atom. The van der Waals surface area contributed by atoms with Gasteiger partial charge < -0.3 is 15.1 Å². The van der Waals surface area contributed by atoms with E-state index >= 15 is 0 Å². The third-order valence-corrected chi connectivity index (χ3v) is 6.22. The summed E-state index contributed by atoms with van der Waals surface area (Å²) in [5, 5.41) is 3.02. The maximum Gasteiger partial charge on any atom is 0.251 e. The maximum absolute atomic E-state index is 12.3. The average Bonchev–Trinajstić information content (AvgIpc) is 2.88. The van der Waals surface area contributed by atoms with Gasteiger partial charge in [0.05, 0.1) is 0 Å². The fraction of sp³-hybridized carbons (Fsp3) is 0.276. The zero-order valence-corrected chi connectivity index (χ0v) is 20.2. The number of anilines is 2. The predicted molar refractivity (Wildman–Crippen MR) is 143 cm³/mol. The average molecular weight is 455 g/mol. The molecule has 1 heterocycles. The first kappa shape index (κ1) is 23.6. The molecule has 1 fully saturated rings. The van der Waals surface area contributed by atoms with E-state index in [0.29, 0.717) is 12.1 Å². The van der Waals surface area contributed by atoms with Crippen LogP contribution in [0, 0.1) is 0 Å². The lowest BCUT2D eigenvalue weighted by Gasteiger charge is -2.35. The molecule has 0 bridgehead atoms. The van der Waals surface area contributed by atoms with Crippen LogP contribution in [0.25, 0.3) is 6.08 Å². The van der Waals surface area contributed by atoms with E-state index in [0.717, 1.165) is 38.3 Å². The van der Waals surface area contributed by atoms with E-state index in [1.807, 2.05) is 30.3 Å². The highest BCUT2D eigenvalue weighted by molar-refractivity contribution is 5.94. The molecule has 176 valence electrons. The quantitative estimate of drug-likeness (QED) is 0.543. The number of piperazine rings is 1. The zero-order valence-electron chi connectivity index (χ0n) is 20.2. The lowest BCUT2D eigenvalue weighted by atomic mass is 10.1. The van der Waals surface area contributed by atoms with Gasteiger partial charge in [-0.2, -0.15) is 0 Å². The molecule has 3 aromatic carbocycles. The van der Waals surface area contributed by atoms with Crippen LogP contribution in [0.4, 0.5) is 11.4 Å². The minimum absolute atomic E-state index is 0.0404. The van der Waals surface area contributed by atoms with Gasteiger partial charge >= 0.3 is 0 Å². The van der Waals surface area contributed by atoms with Gasteiger partial charge in [0.15, 0.2) is 0 Å². The molecule has 1 amide bonds. The van der Waals surface area contributed by atoms with Gasteiger partial charge in [-0.05, 0) is 47.5 Å². The first-order valence-electron chi connectivity index (χ1n) is 11.9. The Morgan fingerprint density at radius 2 is 1.65 bits per heavy atom. The summed E-state index contributed by atoms with van der Waals surface area (Å²) in [5.41, 5.74) is 5.49. The molecule has 0 unspecified atom stereocenters. The number of carbonyl (C=O) groups excluding carboxylic acids is 1. The number of rotatable bonds is 8. The Hall–Kier alpha value is -3.57. The second-order valence-electron chi connectivity index (χ2n) is 8.89. The molecule has 1 saturated heterocycles. The normalized spacial score (nSPS) is 14.4. The fourth-order valence-electron chi connectivity index (χ4n) is 4.15. The number of hydrogen-bond acceptors (Lipinski definition) is 4. The summed E-state index contributed by atoms with van der Waals surface area (Å²) in [7, 11) is 4.12. The molecular formula is C29H34N4O. The van der Waals surface area contributed by atoms with Crippen LogP contribution in [-0.4, -0.2) is 57.6 Å². The van der Waals surface area contributed by atoms with Crippen molar-refractivity contribution in [3.63, 3.8) is 0 Å². The molecule has 1 aliphatic heterocycles. The Kier molecular flexibility index (Phi) is 7.99. The largest absolute Gasteiger partial charge is 0.378 e. The molecular weight excluding hydrogens is 420 g/mol. The summed E-state index contributed by atoms with van der Waals surface area (Å²) in [6, 6.07) is 26.5. The second-order valence-corrected chi connectivity index (χ2v) is 8.89. The SMILES string of the molecule is CN(C)c1ccc(C=CCN2CCN(c3cccc(CNC(=O)c4ccccc4)c3)CC2)cc1. The van der Waals surface area contributed by atoms with Gasteiger partial charge in [0.2, 0.25) is 0 Å². The van der Waals surface area contributed by atoms with Crippen LogP contribution < -0.4 is 15.1 Å². The highest BCUT2D eigenvalue weighted by Crippen LogP contribution is 2.19. The van der Waals surface area contributed by atoms with Crippen molar-refractivity contribution < 1.29 is 4.79 Å². The molecule has 5 nitrogen and oxygen atoms in total. The van der Waals surface area contributed by atoms with Gasteiger partial charge in [-0.25, -0.2) is 0 Å². The van der Waals surface area contributed by atoms with Crippen molar-refractivity contribution in [1.29, 1.82) is 0 Å². The third-order valence-electron chi connectivity index (χ3n) is 6.22. The van der Waals surface area contributed by atoms with Gasteiger partial charge in [-0.15, -0.1) is 0 Å². The molecule has 1 aliphatic rings.